The largest absolute Gasteiger partial charge is 0.472 e. The van der Waals surface area contributed by atoms with E-state index < -0.39 is 0 Å². The molecule has 1 aromatic heterocycles. The normalized spacial score (nSPS) is 23.9. The Balaban J connectivity index is 1.75. The van der Waals surface area contributed by atoms with Crippen molar-refractivity contribution in [2.75, 3.05) is 13.2 Å². The van der Waals surface area contributed by atoms with Gasteiger partial charge < -0.3 is 14.9 Å². The molecule has 0 bridgehead atoms. The van der Waals surface area contributed by atoms with E-state index in [0.29, 0.717) is 5.92 Å². The molecular formula is C11H17NO2. The van der Waals surface area contributed by atoms with E-state index in [2.05, 4.69) is 0 Å². The van der Waals surface area contributed by atoms with Gasteiger partial charge in [0, 0.05) is 19.3 Å². The molecule has 2 heterocycles. The van der Waals surface area contributed by atoms with Crippen molar-refractivity contribution in [3.8, 4) is 0 Å². The molecule has 1 saturated heterocycles. The van der Waals surface area contributed by atoms with Gasteiger partial charge in [0.2, 0.25) is 0 Å². The van der Waals surface area contributed by atoms with Crippen LogP contribution in [-0.4, -0.2) is 19.3 Å². The number of ether oxygens (including phenoxy) is 1. The average molecular weight is 195 g/mol. The van der Waals surface area contributed by atoms with Gasteiger partial charge in [-0.05, 0) is 36.8 Å². The zero-order chi connectivity index (χ0) is 9.80. The van der Waals surface area contributed by atoms with Gasteiger partial charge in [-0.3, -0.25) is 0 Å². The maximum Gasteiger partial charge on any atom is 0.0935 e. The van der Waals surface area contributed by atoms with Crippen LogP contribution in [0.15, 0.2) is 23.0 Å². The molecule has 1 aliphatic rings. The Morgan fingerprint density at radius 2 is 2.50 bits per heavy atom. The van der Waals surface area contributed by atoms with E-state index in [1.165, 1.54) is 12.0 Å². The van der Waals surface area contributed by atoms with Crippen LogP contribution in [-0.2, 0) is 11.2 Å². The van der Waals surface area contributed by atoms with Crippen molar-refractivity contribution >= 4 is 0 Å². The summed E-state index contributed by atoms with van der Waals surface area (Å²) >= 11 is 0. The molecule has 0 spiro atoms. The number of hydrogen-bond donors (Lipinski definition) is 1. The fraction of sp³-hybridized carbons (Fsp3) is 0.636. The van der Waals surface area contributed by atoms with E-state index in [9.17, 15) is 0 Å². The summed E-state index contributed by atoms with van der Waals surface area (Å²) in [6, 6.07) is 2.21. The number of rotatable bonds is 4. The molecule has 0 aromatic carbocycles. The Hall–Kier alpha value is -0.800. The first-order valence-electron chi connectivity index (χ1n) is 5.19. The SMILES string of the molecule is NC(Cc1ccoc1)CC1CCOC1. The predicted molar refractivity (Wildman–Crippen MR) is 53.9 cm³/mol. The average Bonchev–Trinajstić information content (AvgIpc) is 2.76. The molecule has 1 aromatic rings. The second-order valence-corrected chi connectivity index (χ2v) is 4.06. The molecule has 3 nitrogen and oxygen atoms in total. The smallest absolute Gasteiger partial charge is 0.0935 e. The lowest BCUT2D eigenvalue weighted by Crippen LogP contribution is -2.26. The predicted octanol–water partition coefficient (Wildman–Crippen LogP) is 1.58. The molecular weight excluding hydrogens is 178 g/mol. The monoisotopic (exact) mass is 195 g/mol. The Kier molecular flexibility index (Phi) is 3.22. The third kappa shape index (κ3) is 2.59. The van der Waals surface area contributed by atoms with Crippen molar-refractivity contribution in [3.63, 3.8) is 0 Å². The van der Waals surface area contributed by atoms with Gasteiger partial charge in [0.05, 0.1) is 12.5 Å². The highest BCUT2D eigenvalue weighted by molar-refractivity contribution is 5.07. The molecule has 2 N–H and O–H groups in total. The Morgan fingerprint density at radius 3 is 3.14 bits per heavy atom. The summed E-state index contributed by atoms with van der Waals surface area (Å²) in [5.74, 6) is 0.664. The van der Waals surface area contributed by atoms with Gasteiger partial charge in [-0.15, -0.1) is 0 Å². The molecule has 0 aliphatic carbocycles. The minimum atomic E-state index is 0.235. The third-order valence-electron chi connectivity index (χ3n) is 2.74. The van der Waals surface area contributed by atoms with Gasteiger partial charge in [0.25, 0.3) is 0 Å². The molecule has 0 radical (unpaired) electrons. The molecule has 2 rings (SSSR count). The highest BCUT2D eigenvalue weighted by atomic mass is 16.5. The summed E-state index contributed by atoms with van der Waals surface area (Å²) < 4.78 is 10.3. The van der Waals surface area contributed by atoms with E-state index in [1.54, 1.807) is 12.5 Å². The van der Waals surface area contributed by atoms with E-state index >= 15 is 0 Å². The Bertz CT molecular complexity index is 252. The minimum Gasteiger partial charge on any atom is -0.472 e. The molecule has 0 saturated carbocycles. The first-order valence-corrected chi connectivity index (χ1v) is 5.19. The first-order chi connectivity index (χ1) is 6.84. The third-order valence-corrected chi connectivity index (χ3v) is 2.74. The maximum absolute atomic E-state index is 6.05. The van der Waals surface area contributed by atoms with Crippen LogP contribution in [0, 0.1) is 5.92 Å². The van der Waals surface area contributed by atoms with Crippen LogP contribution in [0.4, 0.5) is 0 Å². The van der Waals surface area contributed by atoms with Crippen LogP contribution in [0.1, 0.15) is 18.4 Å². The molecule has 78 valence electrons. The second-order valence-electron chi connectivity index (χ2n) is 4.06. The molecule has 14 heavy (non-hydrogen) atoms. The summed E-state index contributed by atoms with van der Waals surface area (Å²) in [5.41, 5.74) is 7.24. The maximum atomic E-state index is 6.05. The lowest BCUT2D eigenvalue weighted by Gasteiger charge is -2.14. The van der Waals surface area contributed by atoms with Crippen molar-refractivity contribution in [2.24, 2.45) is 11.7 Å². The first kappa shape index (κ1) is 9.74. The van der Waals surface area contributed by atoms with Crippen molar-refractivity contribution in [1.29, 1.82) is 0 Å². The Morgan fingerprint density at radius 1 is 1.57 bits per heavy atom. The lowest BCUT2D eigenvalue weighted by atomic mass is 9.96. The number of hydrogen-bond acceptors (Lipinski definition) is 3. The Labute approximate surface area is 84.2 Å². The molecule has 1 aliphatic heterocycles. The molecule has 2 unspecified atom stereocenters. The summed E-state index contributed by atoms with van der Waals surface area (Å²) in [7, 11) is 0. The molecule has 3 heteroatoms. The molecule has 0 amide bonds. The van der Waals surface area contributed by atoms with E-state index in [4.69, 9.17) is 14.9 Å². The fourth-order valence-corrected chi connectivity index (χ4v) is 1.99. The van der Waals surface area contributed by atoms with Crippen LogP contribution >= 0.6 is 0 Å². The topological polar surface area (TPSA) is 48.4 Å². The van der Waals surface area contributed by atoms with Crippen LogP contribution in [0.2, 0.25) is 0 Å². The highest BCUT2D eigenvalue weighted by Crippen LogP contribution is 2.19. The van der Waals surface area contributed by atoms with Gasteiger partial charge in [0.15, 0.2) is 0 Å². The quantitative estimate of drug-likeness (QED) is 0.793. The lowest BCUT2D eigenvalue weighted by molar-refractivity contribution is 0.182. The van der Waals surface area contributed by atoms with Gasteiger partial charge in [-0.1, -0.05) is 0 Å². The van der Waals surface area contributed by atoms with E-state index in [-0.39, 0.29) is 6.04 Å². The van der Waals surface area contributed by atoms with Gasteiger partial charge in [0.1, 0.15) is 0 Å². The van der Waals surface area contributed by atoms with Gasteiger partial charge in [-0.2, -0.15) is 0 Å². The van der Waals surface area contributed by atoms with E-state index in [0.717, 1.165) is 26.1 Å². The summed E-state index contributed by atoms with van der Waals surface area (Å²) in [6.07, 6.45) is 6.60. The molecule has 2 atom stereocenters. The van der Waals surface area contributed by atoms with Gasteiger partial charge >= 0.3 is 0 Å². The number of nitrogens with two attached hydrogens (primary N) is 1. The summed E-state index contributed by atoms with van der Waals surface area (Å²) in [6.45, 7) is 1.79. The van der Waals surface area contributed by atoms with Crippen molar-refractivity contribution in [2.45, 2.75) is 25.3 Å². The van der Waals surface area contributed by atoms with Crippen LogP contribution in [0.5, 0.6) is 0 Å². The summed E-state index contributed by atoms with van der Waals surface area (Å²) in [4.78, 5) is 0. The van der Waals surface area contributed by atoms with Gasteiger partial charge in [-0.25, -0.2) is 0 Å². The van der Waals surface area contributed by atoms with Crippen LogP contribution in [0.25, 0.3) is 0 Å². The van der Waals surface area contributed by atoms with Crippen LogP contribution in [0.3, 0.4) is 0 Å². The summed E-state index contributed by atoms with van der Waals surface area (Å²) in [5, 5.41) is 0. The number of furan rings is 1. The standard InChI is InChI=1S/C11H17NO2/c12-11(5-9-1-3-13-7-9)6-10-2-4-14-8-10/h1,3,7,10-11H,2,4-6,8,12H2. The molecule has 1 fully saturated rings. The van der Waals surface area contributed by atoms with E-state index in [1.807, 2.05) is 6.07 Å². The van der Waals surface area contributed by atoms with Crippen molar-refractivity contribution in [1.82, 2.24) is 0 Å². The fourth-order valence-electron chi connectivity index (χ4n) is 1.99. The van der Waals surface area contributed by atoms with Crippen LogP contribution < -0.4 is 5.73 Å². The van der Waals surface area contributed by atoms with Crippen molar-refractivity contribution < 1.29 is 9.15 Å². The zero-order valence-corrected chi connectivity index (χ0v) is 8.32. The minimum absolute atomic E-state index is 0.235. The van der Waals surface area contributed by atoms with Crippen molar-refractivity contribution in [3.05, 3.63) is 24.2 Å². The highest BCUT2D eigenvalue weighted by Gasteiger charge is 2.18. The second kappa shape index (κ2) is 4.62. The zero-order valence-electron chi connectivity index (χ0n) is 8.32.